The molecule has 1 heterocycles. The Morgan fingerprint density at radius 3 is 1.88 bits per heavy atom. The van der Waals surface area contributed by atoms with Gasteiger partial charge in [0.2, 0.25) is 5.75 Å². The molecular weight excluding hydrogens is 128 g/mol. The second kappa shape index (κ2) is 6.24. The zero-order valence-electron chi connectivity index (χ0n) is 4.08. The summed E-state index contributed by atoms with van der Waals surface area (Å²) in [7, 11) is 0. The van der Waals surface area contributed by atoms with Gasteiger partial charge in [0, 0.05) is 0 Å². The summed E-state index contributed by atoms with van der Waals surface area (Å²) in [6, 6.07) is 3.67. The van der Waals surface area contributed by atoms with E-state index < -0.39 is 0 Å². The molecule has 0 N–H and O–H groups in total. The molecule has 0 aliphatic rings. The maximum absolute atomic E-state index is 8.57. The summed E-state index contributed by atoms with van der Waals surface area (Å²) in [5, 5.41) is 0. The number of hydrogen-bond donors (Lipinski definition) is 0. The highest BCUT2D eigenvalue weighted by molar-refractivity contribution is 6.54. The van der Waals surface area contributed by atoms with E-state index in [0.29, 0.717) is 0 Å². The molecule has 0 aliphatic heterocycles. The van der Waals surface area contributed by atoms with Crippen LogP contribution in [-0.4, -0.2) is 5.75 Å². The van der Waals surface area contributed by atoms with Crippen LogP contribution in [-0.2, 0) is 4.79 Å². The van der Waals surface area contributed by atoms with Crippen LogP contribution in [0.25, 0.3) is 0 Å². The maximum Gasteiger partial charge on any atom is 0.208 e. The predicted octanol–water partition coefficient (Wildman–Crippen LogP) is 1.70. The molecule has 0 radical (unpaired) electrons. The normalized spacial score (nSPS) is 6.62. The highest BCUT2D eigenvalue weighted by Gasteiger charge is 1.58. The predicted molar refractivity (Wildman–Crippen MR) is 31.3 cm³/mol. The molecule has 0 spiro atoms. The summed E-state index contributed by atoms with van der Waals surface area (Å²) < 4.78 is 4.58. The van der Waals surface area contributed by atoms with Crippen molar-refractivity contribution >= 4 is 17.3 Å². The lowest BCUT2D eigenvalue weighted by Gasteiger charge is -1.50. The van der Waals surface area contributed by atoms with Crippen LogP contribution < -0.4 is 0 Å². The SMILES string of the molecule is O=CCl.c1ccoc1. The van der Waals surface area contributed by atoms with Crippen LogP contribution in [0.1, 0.15) is 0 Å². The molecule has 8 heavy (non-hydrogen) atoms. The number of furan rings is 1. The van der Waals surface area contributed by atoms with Crippen LogP contribution in [0, 0.1) is 0 Å². The Morgan fingerprint density at radius 2 is 1.75 bits per heavy atom. The minimum absolute atomic E-state index is 0.222. The van der Waals surface area contributed by atoms with Crippen molar-refractivity contribution in [1.29, 1.82) is 0 Å². The fourth-order valence-corrected chi connectivity index (χ4v) is 0.227. The third kappa shape index (κ3) is 5.24. The van der Waals surface area contributed by atoms with Gasteiger partial charge >= 0.3 is 0 Å². The molecule has 0 aromatic carbocycles. The fourth-order valence-electron chi connectivity index (χ4n) is 0.227. The number of carbonyl (C=O) groups excluding carboxylic acids is 1. The molecule has 44 valence electrons. The molecule has 0 atom stereocenters. The van der Waals surface area contributed by atoms with Crippen molar-refractivity contribution in [1.82, 2.24) is 0 Å². The van der Waals surface area contributed by atoms with Gasteiger partial charge in [-0.1, -0.05) is 0 Å². The van der Waals surface area contributed by atoms with Crippen molar-refractivity contribution in [3.63, 3.8) is 0 Å². The molecule has 0 saturated carbocycles. The van der Waals surface area contributed by atoms with E-state index in [-0.39, 0.29) is 5.75 Å². The zero-order chi connectivity index (χ0) is 6.24. The van der Waals surface area contributed by atoms with Crippen molar-refractivity contribution in [2.75, 3.05) is 0 Å². The fraction of sp³-hybridized carbons (Fsp3) is 0. The van der Waals surface area contributed by atoms with Gasteiger partial charge in [0.1, 0.15) is 0 Å². The summed E-state index contributed by atoms with van der Waals surface area (Å²) in [5.74, 6) is 0.222. The van der Waals surface area contributed by atoms with Crippen LogP contribution in [0.4, 0.5) is 0 Å². The van der Waals surface area contributed by atoms with Crippen molar-refractivity contribution < 1.29 is 9.21 Å². The van der Waals surface area contributed by atoms with E-state index in [9.17, 15) is 0 Å². The van der Waals surface area contributed by atoms with Gasteiger partial charge in [-0.3, -0.25) is 4.79 Å². The molecule has 2 nitrogen and oxygen atoms in total. The molecule has 1 aromatic heterocycles. The molecule has 0 bridgehead atoms. The Labute approximate surface area is 52.1 Å². The van der Waals surface area contributed by atoms with E-state index in [2.05, 4.69) is 16.0 Å². The Morgan fingerprint density at radius 1 is 1.38 bits per heavy atom. The Balaban J connectivity index is 0.000000145. The first-order valence-corrected chi connectivity index (χ1v) is 2.36. The van der Waals surface area contributed by atoms with Crippen LogP contribution >= 0.6 is 11.6 Å². The van der Waals surface area contributed by atoms with E-state index in [1.54, 1.807) is 12.5 Å². The van der Waals surface area contributed by atoms with Gasteiger partial charge in [-0.15, -0.1) is 0 Å². The summed E-state index contributed by atoms with van der Waals surface area (Å²) in [6.07, 6.45) is 3.25. The van der Waals surface area contributed by atoms with Gasteiger partial charge in [0.05, 0.1) is 12.5 Å². The molecule has 0 aliphatic carbocycles. The molecule has 1 aromatic rings. The molecule has 0 unspecified atom stereocenters. The van der Waals surface area contributed by atoms with Crippen LogP contribution in [0.15, 0.2) is 29.1 Å². The minimum atomic E-state index is 0.222. The van der Waals surface area contributed by atoms with Crippen molar-refractivity contribution in [2.24, 2.45) is 0 Å². The largest absolute Gasteiger partial charge is 0.473 e. The second-order valence-corrected chi connectivity index (χ2v) is 1.06. The quantitative estimate of drug-likeness (QED) is 0.397. The van der Waals surface area contributed by atoms with Gasteiger partial charge in [0.25, 0.3) is 0 Å². The lowest BCUT2D eigenvalue weighted by molar-refractivity contribution is 0.567. The summed E-state index contributed by atoms with van der Waals surface area (Å²) in [6.45, 7) is 0. The highest BCUT2D eigenvalue weighted by atomic mass is 35.5. The minimum Gasteiger partial charge on any atom is -0.473 e. The van der Waals surface area contributed by atoms with Crippen molar-refractivity contribution in [3.05, 3.63) is 24.7 Å². The van der Waals surface area contributed by atoms with E-state index in [4.69, 9.17) is 4.79 Å². The average molecular weight is 133 g/mol. The first-order valence-electron chi connectivity index (χ1n) is 1.93. The lowest BCUT2D eigenvalue weighted by Crippen LogP contribution is -1.24. The summed E-state index contributed by atoms with van der Waals surface area (Å²) in [4.78, 5) is 8.57. The second-order valence-electron chi connectivity index (χ2n) is 0.882. The lowest BCUT2D eigenvalue weighted by atomic mass is 10.7. The third-order valence-electron chi connectivity index (χ3n) is 0.425. The standard InChI is InChI=1S/C4H4O.CHClO/c1-2-4-5-3-1;2-1-3/h1-4H;1H. The molecule has 0 saturated heterocycles. The van der Waals surface area contributed by atoms with E-state index in [1.807, 2.05) is 12.1 Å². The first-order chi connectivity index (χ1) is 3.91. The molecular formula is C5H5ClO2. The monoisotopic (exact) mass is 132 g/mol. The average Bonchev–Trinajstić information content (AvgIpc) is 2.17. The maximum atomic E-state index is 8.57. The number of rotatable bonds is 0. The van der Waals surface area contributed by atoms with Gasteiger partial charge in [-0.2, -0.15) is 0 Å². The summed E-state index contributed by atoms with van der Waals surface area (Å²) in [5.41, 5.74) is 0. The van der Waals surface area contributed by atoms with Crippen molar-refractivity contribution in [3.8, 4) is 0 Å². The molecule has 0 amide bonds. The molecule has 1 rings (SSSR count). The Kier molecular flexibility index (Phi) is 5.65. The van der Waals surface area contributed by atoms with E-state index in [0.717, 1.165) is 0 Å². The van der Waals surface area contributed by atoms with Crippen LogP contribution in [0.3, 0.4) is 0 Å². The molecule has 3 heteroatoms. The van der Waals surface area contributed by atoms with E-state index >= 15 is 0 Å². The number of halogens is 1. The smallest absolute Gasteiger partial charge is 0.208 e. The van der Waals surface area contributed by atoms with Gasteiger partial charge < -0.3 is 4.42 Å². The van der Waals surface area contributed by atoms with Gasteiger partial charge in [0.15, 0.2) is 0 Å². The number of hydrogen-bond acceptors (Lipinski definition) is 2. The number of carbonyl (C=O) groups is 1. The van der Waals surface area contributed by atoms with Gasteiger partial charge in [-0.25, -0.2) is 0 Å². The van der Waals surface area contributed by atoms with Crippen molar-refractivity contribution in [2.45, 2.75) is 0 Å². The van der Waals surface area contributed by atoms with Crippen LogP contribution in [0.5, 0.6) is 0 Å². The Bertz CT molecular complexity index is 96.8. The first kappa shape index (κ1) is 7.24. The van der Waals surface area contributed by atoms with Gasteiger partial charge in [-0.05, 0) is 23.7 Å². The topological polar surface area (TPSA) is 30.2 Å². The third-order valence-corrected chi connectivity index (χ3v) is 0.425. The zero-order valence-corrected chi connectivity index (χ0v) is 4.84. The highest BCUT2D eigenvalue weighted by Crippen LogP contribution is 1.79. The molecule has 0 fully saturated rings. The van der Waals surface area contributed by atoms with Crippen LogP contribution in [0.2, 0.25) is 0 Å². The van der Waals surface area contributed by atoms with E-state index in [1.165, 1.54) is 0 Å². The Hall–Kier alpha value is -0.760. The summed E-state index contributed by atoms with van der Waals surface area (Å²) >= 11 is 4.32.